The summed E-state index contributed by atoms with van der Waals surface area (Å²) in [5, 5.41) is 62.0. The van der Waals surface area contributed by atoms with E-state index in [0.717, 1.165) is 0 Å². The van der Waals surface area contributed by atoms with Gasteiger partial charge < -0.3 is 72.5 Å². The third-order valence-electron chi connectivity index (χ3n) is 6.55. The molecule has 2 aliphatic heterocycles. The third-order valence-corrected chi connectivity index (χ3v) is 6.55. The fourth-order valence-electron chi connectivity index (χ4n) is 4.55. The molecule has 0 bridgehead atoms. The number of aliphatic hydroxyl groups excluding tert-OH is 6. The first-order valence-electron chi connectivity index (χ1n) is 11.1. The SMILES string of the molecule is C[C@H](N)[C@H]1O[C@@H](O[C@@H]2[C@@H](O)[C@H](N)C[C@H](N)[C@H]2O[C@H]2O[C@H]([C@@H](C)N)[C@@H](O)[C@H](O)[C@H]2O)[C@H](O)[C@@H]1O. The van der Waals surface area contributed by atoms with Gasteiger partial charge in [0.2, 0.25) is 0 Å². The van der Waals surface area contributed by atoms with Crippen molar-refractivity contribution in [2.24, 2.45) is 22.9 Å². The lowest BCUT2D eigenvalue weighted by Crippen LogP contribution is -2.67. The molecule has 16 atom stereocenters. The molecule has 0 aromatic carbocycles. The summed E-state index contributed by atoms with van der Waals surface area (Å²) in [5.41, 5.74) is 23.8. The van der Waals surface area contributed by atoms with E-state index in [-0.39, 0.29) is 6.42 Å². The van der Waals surface area contributed by atoms with Crippen LogP contribution in [0.3, 0.4) is 0 Å². The van der Waals surface area contributed by atoms with Gasteiger partial charge in [0.15, 0.2) is 12.6 Å². The van der Waals surface area contributed by atoms with Crippen LogP contribution >= 0.6 is 0 Å². The number of rotatable bonds is 6. The average Bonchev–Trinajstić information content (AvgIpc) is 3.02. The summed E-state index contributed by atoms with van der Waals surface area (Å²) >= 11 is 0. The van der Waals surface area contributed by atoms with Crippen molar-refractivity contribution >= 4 is 0 Å². The largest absolute Gasteiger partial charge is 0.389 e. The van der Waals surface area contributed by atoms with Gasteiger partial charge in [-0.2, -0.15) is 0 Å². The van der Waals surface area contributed by atoms with Crippen LogP contribution in [0.5, 0.6) is 0 Å². The van der Waals surface area contributed by atoms with Crippen molar-refractivity contribution in [3.63, 3.8) is 0 Å². The number of hydrogen-bond donors (Lipinski definition) is 10. The fourth-order valence-corrected chi connectivity index (χ4v) is 4.55. The molecule has 3 rings (SSSR count). The van der Waals surface area contributed by atoms with Gasteiger partial charge in [0.25, 0.3) is 0 Å². The van der Waals surface area contributed by atoms with Gasteiger partial charge in [-0.25, -0.2) is 0 Å². The summed E-state index contributed by atoms with van der Waals surface area (Å²) in [6, 6.07) is -2.95. The first-order chi connectivity index (χ1) is 15.3. The zero-order chi connectivity index (χ0) is 24.8. The van der Waals surface area contributed by atoms with E-state index >= 15 is 0 Å². The smallest absolute Gasteiger partial charge is 0.187 e. The highest BCUT2D eigenvalue weighted by Gasteiger charge is 2.53. The topological polar surface area (TPSA) is 262 Å². The minimum atomic E-state index is -1.66. The molecule has 0 radical (unpaired) electrons. The van der Waals surface area contributed by atoms with E-state index in [2.05, 4.69) is 0 Å². The van der Waals surface area contributed by atoms with Crippen molar-refractivity contribution in [2.45, 2.75) is 118 Å². The molecule has 14 nitrogen and oxygen atoms in total. The molecule has 3 aliphatic rings. The molecular formula is C19H38N4O10. The Morgan fingerprint density at radius 2 is 1.06 bits per heavy atom. The van der Waals surface area contributed by atoms with Crippen molar-refractivity contribution in [2.75, 3.05) is 0 Å². The van der Waals surface area contributed by atoms with Gasteiger partial charge in [-0.05, 0) is 20.3 Å². The Bertz CT molecular complexity index is 648. The van der Waals surface area contributed by atoms with Crippen LogP contribution in [0.4, 0.5) is 0 Å². The Kier molecular flexibility index (Phi) is 8.68. The maximum atomic E-state index is 10.7. The highest BCUT2D eigenvalue weighted by atomic mass is 16.7. The van der Waals surface area contributed by atoms with Gasteiger partial charge in [0.05, 0.1) is 6.10 Å². The minimum Gasteiger partial charge on any atom is -0.389 e. The summed E-state index contributed by atoms with van der Waals surface area (Å²) < 4.78 is 22.8. The molecule has 33 heavy (non-hydrogen) atoms. The van der Waals surface area contributed by atoms with Crippen LogP contribution in [0.2, 0.25) is 0 Å². The van der Waals surface area contributed by atoms with Gasteiger partial charge in [0, 0.05) is 24.2 Å². The second-order valence-electron chi connectivity index (χ2n) is 9.36. The minimum absolute atomic E-state index is 0.121. The van der Waals surface area contributed by atoms with E-state index in [1.165, 1.54) is 0 Å². The Balaban J connectivity index is 1.80. The van der Waals surface area contributed by atoms with E-state index < -0.39 is 97.8 Å². The van der Waals surface area contributed by atoms with Crippen molar-refractivity contribution in [1.29, 1.82) is 0 Å². The van der Waals surface area contributed by atoms with Crippen LogP contribution in [0.15, 0.2) is 0 Å². The quantitative estimate of drug-likeness (QED) is 0.169. The predicted octanol–water partition coefficient (Wildman–Crippen LogP) is -5.88. The number of nitrogens with two attached hydrogens (primary N) is 4. The Morgan fingerprint density at radius 1 is 0.636 bits per heavy atom. The van der Waals surface area contributed by atoms with Crippen LogP contribution in [0.1, 0.15) is 20.3 Å². The molecule has 3 fully saturated rings. The van der Waals surface area contributed by atoms with Gasteiger partial charge in [-0.1, -0.05) is 0 Å². The predicted molar refractivity (Wildman–Crippen MR) is 111 cm³/mol. The molecule has 2 heterocycles. The van der Waals surface area contributed by atoms with Crippen LogP contribution in [0, 0.1) is 0 Å². The summed E-state index contributed by atoms with van der Waals surface area (Å²) in [4.78, 5) is 0. The van der Waals surface area contributed by atoms with Crippen LogP contribution in [-0.2, 0) is 18.9 Å². The Morgan fingerprint density at radius 3 is 1.55 bits per heavy atom. The first-order valence-corrected chi connectivity index (χ1v) is 11.1. The van der Waals surface area contributed by atoms with Crippen LogP contribution < -0.4 is 22.9 Å². The molecule has 0 amide bonds. The summed E-state index contributed by atoms with van der Waals surface area (Å²) in [6.07, 6.45) is -16.0. The normalized spacial score (nSPS) is 53.1. The molecule has 14 N–H and O–H groups in total. The van der Waals surface area contributed by atoms with Gasteiger partial charge in [-0.3, -0.25) is 0 Å². The van der Waals surface area contributed by atoms with Gasteiger partial charge in [-0.15, -0.1) is 0 Å². The first kappa shape index (κ1) is 27.0. The summed E-state index contributed by atoms with van der Waals surface area (Å²) in [6.45, 7) is 3.14. The van der Waals surface area contributed by atoms with Crippen molar-refractivity contribution in [3.8, 4) is 0 Å². The molecule has 0 spiro atoms. The number of aliphatic hydroxyl groups is 6. The maximum absolute atomic E-state index is 10.7. The van der Waals surface area contributed by atoms with E-state index in [9.17, 15) is 30.6 Å². The number of hydrogen-bond acceptors (Lipinski definition) is 14. The lowest BCUT2D eigenvalue weighted by atomic mass is 9.84. The molecule has 0 aromatic rings. The molecule has 1 aliphatic carbocycles. The Hall–Kier alpha value is -0.560. The zero-order valence-electron chi connectivity index (χ0n) is 18.6. The average molecular weight is 483 g/mol. The van der Waals surface area contributed by atoms with Crippen molar-refractivity contribution < 1.29 is 49.6 Å². The summed E-state index contributed by atoms with van der Waals surface area (Å²) in [7, 11) is 0. The molecule has 2 saturated heterocycles. The van der Waals surface area contributed by atoms with E-state index in [4.69, 9.17) is 41.9 Å². The molecule has 194 valence electrons. The molecule has 1 saturated carbocycles. The van der Waals surface area contributed by atoms with E-state index in [1.54, 1.807) is 13.8 Å². The van der Waals surface area contributed by atoms with Gasteiger partial charge in [0.1, 0.15) is 54.9 Å². The summed E-state index contributed by atoms with van der Waals surface area (Å²) in [5.74, 6) is 0. The highest BCUT2D eigenvalue weighted by Crippen LogP contribution is 2.33. The third kappa shape index (κ3) is 5.34. The Labute approximate surface area is 191 Å². The number of ether oxygens (including phenoxy) is 4. The standard InChI is InChI=1S/C19H38N4O10/c1-4(20)14-10(26)9(25)12(28)18(30-14)32-16-7(23)3-6(22)8(24)17(16)33-19-13(29)11(27)15(31-19)5(2)21/h4-19,24-29H,3,20-23H2,1-2H3/t4-,5+,6-,7+,8+,9+,10+,11+,12-,13-,14-,15-,16-,17-,18-,19+/m1/s1. The lowest BCUT2D eigenvalue weighted by Gasteiger charge is -2.47. The molecule has 14 heteroatoms. The van der Waals surface area contributed by atoms with E-state index in [0.29, 0.717) is 0 Å². The second-order valence-corrected chi connectivity index (χ2v) is 9.36. The molecule has 0 unspecified atom stereocenters. The fraction of sp³-hybridized carbons (Fsp3) is 1.00. The highest BCUT2D eigenvalue weighted by molar-refractivity contribution is 5.01. The molecular weight excluding hydrogens is 444 g/mol. The van der Waals surface area contributed by atoms with E-state index in [1.807, 2.05) is 0 Å². The van der Waals surface area contributed by atoms with Crippen LogP contribution in [0.25, 0.3) is 0 Å². The zero-order valence-corrected chi connectivity index (χ0v) is 18.6. The monoisotopic (exact) mass is 482 g/mol. The second kappa shape index (κ2) is 10.6. The maximum Gasteiger partial charge on any atom is 0.187 e. The van der Waals surface area contributed by atoms with Crippen molar-refractivity contribution in [3.05, 3.63) is 0 Å². The van der Waals surface area contributed by atoms with Crippen molar-refractivity contribution in [1.82, 2.24) is 0 Å². The lowest BCUT2D eigenvalue weighted by molar-refractivity contribution is -0.332. The van der Waals surface area contributed by atoms with Crippen LogP contribution in [-0.4, -0.2) is 128 Å². The van der Waals surface area contributed by atoms with Gasteiger partial charge >= 0.3 is 0 Å². The molecule has 0 aromatic heterocycles.